The number of hydrogen-bond acceptors (Lipinski definition) is 2. The Bertz CT molecular complexity index is 964. The predicted octanol–water partition coefficient (Wildman–Crippen LogP) is 5.95. The van der Waals surface area contributed by atoms with E-state index in [1.807, 2.05) is 6.07 Å². The molecule has 4 nitrogen and oxygen atoms in total. The van der Waals surface area contributed by atoms with Crippen LogP contribution in [0.1, 0.15) is 5.56 Å². The third-order valence-electron chi connectivity index (χ3n) is 3.40. The average Bonchev–Trinajstić information content (AvgIpc) is 2.92. The highest BCUT2D eigenvalue weighted by atomic mass is 79.9. The molecule has 0 amide bonds. The van der Waals surface area contributed by atoms with Gasteiger partial charge in [-0.1, -0.05) is 41.4 Å². The smallest absolute Gasteiger partial charge is 0.176 e. The minimum absolute atomic E-state index is 0.232. The van der Waals surface area contributed by atoms with E-state index in [4.69, 9.17) is 35.4 Å². The van der Waals surface area contributed by atoms with Crippen molar-refractivity contribution in [3.63, 3.8) is 0 Å². The number of anilines is 2. The summed E-state index contributed by atoms with van der Waals surface area (Å²) in [4.78, 5) is 0. The minimum atomic E-state index is -0.388. The minimum Gasteiger partial charge on any atom is -0.330 e. The van der Waals surface area contributed by atoms with Gasteiger partial charge in [0.1, 0.15) is 5.82 Å². The van der Waals surface area contributed by atoms with Crippen molar-refractivity contribution in [2.45, 2.75) is 6.54 Å². The Kier molecular flexibility index (Phi) is 6.13. The van der Waals surface area contributed by atoms with Gasteiger partial charge >= 0.3 is 0 Å². The van der Waals surface area contributed by atoms with Crippen LogP contribution < -0.4 is 10.6 Å². The van der Waals surface area contributed by atoms with Crippen molar-refractivity contribution in [3.8, 4) is 0 Å². The quantitative estimate of drug-likeness (QED) is 0.459. The summed E-state index contributed by atoms with van der Waals surface area (Å²) in [5.41, 5.74) is 1.24. The number of rotatable bonds is 4. The molecule has 0 aliphatic carbocycles. The Labute approximate surface area is 173 Å². The molecule has 1 aromatic heterocycles. The Balaban J connectivity index is 1.68. The number of hydrogen-bond donors (Lipinski definition) is 2. The Morgan fingerprint density at radius 3 is 2.65 bits per heavy atom. The molecule has 2 N–H and O–H groups in total. The van der Waals surface area contributed by atoms with Crippen molar-refractivity contribution in [2.24, 2.45) is 0 Å². The maximum Gasteiger partial charge on any atom is 0.176 e. The molecular formula is C17H12BrCl2FN4S. The van der Waals surface area contributed by atoms with E-state index in [0.717, 1.165) is 10.0 Å². The lowest BCUT2D eigenvalue weighted by atomic mass is 10.2. The number of nitrogens with zero attached hydrogens (tertiary/aromatic N) is 2. The van der Waals surface area contributed by atoms with E-state index in [1.165, 1.54) is 6.07 Å². The summed E-state index contributed by atoms with van der Waals surface area (Å²) < 4.78 is 16.1. The first-order chi connectivity index (χ1) is 12.4. The lowest BCUT2D eigenvalue weighted by Gasteiger charge is -2.09. The molecule has 0 saturated heterocycles. The summed E-state index contributed by atoms with van der Waals surface area (Å²) in [7, 11) is 0. The van der Waals surface area contributed by atoms with Crippen molar-refractivity contribution in [3.05, 3.63) is 74.6 Å². The van der Waals surface area contributed by atoms with Crippen LogP contribution in [0.3, 0.4) is 0 Å². The molecule has 26 heavy (non-hydrogen) atoms. The molecule has 0 atom stereocenters. The van der Waals surface area contributed by atoms with Gasteiger partial charge in [0, 0.05) is 6.20 Å². The summed E-state index contributed by atoms with van der Waals surface area (Å²) in [6.45, 7) is 0.505. The SMILES string of the molecule is Fc1ccccc1NC(=S)Nc1nn(Cc2ccc(Cl)c(Cl)c2)cc1Br. The highest BCUT2D eigenvalue weighted by molar-refractivity contribution is 9.10. The second-order valence-electron chi connectivity index (χ2n) is 5.33. The summed E-state index contributed by atoms with van der Waals surface area (Å²) in [6, 6.07) is 11.7. The number of para-hydroxylation sites is 1. The van der Waals surface area contributed by atoms with Gasteiger partial charge in [0.05, 0.1) is 26.8 Å². The summed E-state index contributed by atoms with van der Waals surface area (Å²) in [6.07, 6.45) is 1.80. The van der Waals surface area contributed by atoms with E-state index in [9.17, 15) is 4.39 Å². The molecule has 0 aliphatic rings. The Morgan fingerprint density at radius 1 is 1.15 bits per heavy atom. The van der Waals surface area contributed by atoms with Gasteiger partial charge in [-0.3, -0.25) is 4.68 Å². The number of thiocarbonyl (C=S) groups is 1. The van der Waals surface area contributed by atoms with Gasteiger partial charge in [-0.15, -0.1) is 0 Å². The van der Waals surface area contributed by atoms with E-state index in [1.54, 1.807) is 41.2 Å². The van der Waals surface area contributed by atoms with Crippen molar-refractivity contribution < 1.29 is 4.39 Å². The Morgan fingerprint density at radius 2 is 1.92 bits per heavy atom. The highest BCUT2D eigenvalue weighted by Crippen LogP contribution is 2.25. The molecule has 9 heteroatoms. The van der Waals surface area contributed by atoms with Crippen molar-refractivity contribution in [2.75, 3.05) is 10.6 Å². The van der Waals surface area contributed by atoms with Crippen LogP contribution in [0.5, 0.6) is 0 Å². The van der Waals surface area contributed by atoms with Crippen LogP contribution in [0.25, 0.3) is 0 Å². The van der Waals surface area contributed by atoms with E-state index in [0.29, 0.717) is 22.4 Å². The van der Waals surface area contributed by atoms with E-state index < -0.39 is 0 Å². The first-order valence-electron chi connectivity index (χ1n) is 7.42. The van der Waals surface area contributed by atoms with Gasteiger partial charge in [-0.05, 0) is 58.0 Å². The monoisotopic (exact) mass is 472 g/mol. The van der Waals surface area contributed by atoms with Crippen molar-refractivity contribution in [1.82, 2.24) is 9.78 Å². The lowest BCUT2D eigenvalue weighted by Crippen LogP contribution is -2.20. The normalized spacial score (nSPS) is 10.6. The molecule has 0 unspecified atom stereocenters. The van der Waals surface area contributed by atoms with Crippen LogP contribution in [-0.4, -0.2) is 14.9 Å². The number of aromatic nitrogens is 2. The molecule has 0 saturated carbocycles. The third-order valence-corrected chi connectivity index (χ3v) is 4.92. The van der Waals surface area contributed by atoms with Gasteiger partial charge in [-0.25, -0.2) is 4.39 Å². The molecule has 0 bridgehead atoms. The lowest BCUT2D eigenvalue weighted by molar-refractivity contribution is 0.632. The maximum atomic E-state index is 13.7. The third kappa shape index (κ3) is 4.73. The van der Waals surface area contributed by atoms with Gasteiger partial charge < -0.3 is 10.6 Å². The van der Waals surface area contributed by atoms with E-state index in [-0.39, 0.29) is 16.6 Å². The molecule has 2 aromatic carbocycles. The van der Waals surface area contributed by atoms with Crippen molar-refractivity contribution in [1.29, 1.82) is 0 Å². The summed E-state index contributed by atoms with van der Waals surface area (Å²) >= 11 is 20.6. The van der Waals surface area contributed by atoms with Gasteiger partial charge in [-0.2, -0.15) is 5.10 Å². The molecule has 0 radical (unpaired) electrons. The summed E-state index contributed by atoms with van der Waals surface area (Å²) in [5.74, 6) is 0.125. The zero-order valence-corrected chi connectivity index (χ0v) is 17.1. The van der Waals surface area contributed by atoms with Crippen LogP contribution in [0.15, 0.2) is 53.1 Å². The van der Waals surface area contributed by atoms with Crippen LogP contribution in [-0.2, 0) is 6.54 Å². The maximum absolute atomic E-state index is 13.7. The van der Waals surface area contributed by atoms with Crippen molar-refractivity contribution >= 4 is 68.0 Å². The largest absolute Gasteiger partial charge is 0.330 e. The predicted molar refractivity (Wildman–Crippen MR) is 112 cm³/mol. The fourth-order valence-corrected chi connectivity index (χ4v) is 3.15. The standard InChI is InChI=1S/C17H12BrCl2FN4S/c18-11-9-25(8-10-5-6-12(19)13(20)7-10)24-16(11)23-17(26)22-15-4-2-1-3-14(15)21/h1-7,9H,8H2,(H2,22,23,24,26). The fourth-order valence-electron chi connectivity index (χ4n) is 2.21. The second kappa shape index (κ2) is 8.35. The molecule has 134 valence electrons. The Hall–Kier alpha value is -1.67. The van der Waals surface area contributed by atoms with Gasteiger partial charge in [0.15, 0.2) is 10.9 Å². The summed E-state index contributed by atoms with van der Waals surface area (Å²) in [5, 5.41) is 11.4. The molecule has 3 aromatic rings. The molecule has 1 heterocycles. The zero-order chi connectivity index (χ0) is 18.7. The van der Waals surface area contributed by atoms with Crippen LogP contribution >= 0.6 is 51.3 Å². The average molecular weight is 474 g/mol. The van der Waals surface area contributed by atoms with Crippen LogP contribution in [0.2, 0.25) is 10.0 Å². The molecule has 0 aliphatic heterocycles. The van der Waals surface area contributed by atoms with E-state index >= 15 is 0 Å². The van der Waals surface area contributed by atoms with Gasteiger partial charge in [0.25, 0.3) is 0 Å². The van der Waals surface area contributed by atoms with Gasteiger partial charge in [0.2, 0.25) is 0 Å². The first-order valence-corrected chi connectivity index (χ1v) is 9.37. The zero-order valence-electron chi connectivity index (χ0n) is 13.1. The number of benzene rings is 2. The van der Waals surface area contributed by atoms with Crippen LogP contribution in [0, 0.1) is 5.82 Å². The van der Waals surface area contributed by atoms with E-state index in [2.05, 4.69) is 31.7 Å². The van der Waals surface area contributed by atoms with Crippen LogP contribution in [0.4, 0.5) is 15.9 Å². The fraction of sp³-hybridized carbons (Fsp3) is 0.0588. The molecule has 3 rings (SSSR count). The second-order valence-corrected chi connectivity index (χ2v) is 7.41. The molecule has 0 spiro atoms. The topological polar surface area (TPSA) is 41.9 Å². The highest BCUT2D eigenvalue weighted by Gasteiger charge is 2.10. The number of halogens is 4. The number of nitrogens with one attached hydrogen (secondary N) is 2. The molecular weight excluding hydrogens is 462 g/mol. The molecule has 0 fully saturated rings. The first kappa shape index (κ1) is 19.1.